The third-order valence-electron chi connectivity index (χ3n) is 3.29. The van der Waals surface area contributed by atoms with E-state index < -0.39 is 0 Å². The number of carbonyl (C=O) groups is 1. The zero-order valence-electron chi connectivity index (χ0n) is 13.1. The van der Waals surface area contributed by atoms with Crippen molar-refractivity contribution in [3.63, 3.8) is 0 Å². The standard InChI is InChI=1S/C13H23N7O/c1-5-7-14-11-16-12(18-13(17-11)19(2)3)15-9-6-8-20(4)10(9)21/h9H,5-8H2,1-4H3,(H2,14,15,16,17,18). The Balaban J connectivity index is 2.17. The molecule has 0 bridgehead atoms. The highest BCUT2D eigenvalue weighted by molar-refractivity contribution is 5.86. The van der Waals surface area contributed by atoms with Gasteiger partial charge in [-0.2, -0.15) is 15.0 Å². The molecule has 1 aromatic heterocycles. The molecule has 8 nitrogen and oxygen atoms in total. The van der Waals surface area contributed by atoms with Gasteiger partial charge >= 0.3 is 0 Å². The summed E-state index contributed by atoms with van der Waals surface area (Å²) in [5.74, 6) is 1.59. The Bertz CT molecular complexity index is 505. The molecule has 0 spiro atoms. The number of hydrogen-bond acceptors (Lipinski definition) is 7. The van der Waals surface area contributed by atoms with Crippen molar-refractivity contribution in [2.75, 3.05) is 49.8 Å². The van der Waals surface area contributed by atoms with Crippen LogP contribution in [0.1, 0.15) is 19.8 Å². The van der Waals surface area contributed by atoms with Gasteiger partial charge in [0.05, 0.1) is 0 Å². The van der Waals surface area contributed by atoms with E-state index in [4.69, 9.17) is 0 Å². The van der Waals surface area contributed by atoms with E-state index in [0.29, 0.717) is 17.8 Å². The molecule has 0 aliphatic carbocycles. The number of aromatic nitrogens is 3. The first-order valence-electron chi connectivity index (χ1n) is 7.20. The van der Waals surface area contributed by atoms with Crippen LogP contribution in [-0.2, 0) is 4.79 Å². The molecule has 8 heteroatoms. The van der Waals surface area contributed by atoms with Crippen LogP contribution < -0.4 is 15.5 Å². The second-order valence-electron chi connectivity index (χ2n) is 5.35. The summed E-state index contributed by atoms with van der Waals surface area (Å²) in [4.78, 5) is 28.5. The Morgan fingerprint density at radius 2 is 2.00 bits per heavy atom. The Hall–Kier alpha value is -2.12. The summed E-state index contributed by atoms with van der Waals surface area (Å²) in [5, 5.41) is 6.26. The van der Waals surface area contributed by atoms with Crippen LogP contribution in [0.2, 0.25) is 0 Å². The van der Waals surface area contributed by atoms with Crippen LogP contribution in [0.5, 0.6) is 0 Å². The average molecular weight is 293 g/mol. The molecule has 21 heavy (non-hydrogen) atoms. The van der Waals surface area contributed by atoms with Gasteiger partial charge in [-0.05, 0) is 12.8 Å². The van der Waals surface area contributed by atoms with E-state index in [1.54, 1.807) is 11.9 Å². The normalized spacial score (nSPS) is 18.0. The second-order valence-corrected chi connectivity index (χ2v) is 5.35. The minimum absolute atomic E-state index is 0.0740. The molecule has 1 aromatic rings. The quantitative estimate of drug-likeness (QED) is 0.785. The van der Waals surface area contributed by atoms with Gasteiger partial charge in [-0.3, -0.25) is 4.79 Å². The van der Waals surface area contributed by atoms with Gasteiger partial charge in [0.15, 0.2) is 0 Å². The van der Waals surface area contributed by atoms with E-state index in [0.717, 1.165) is 25.9 Å². The maximum atomic E-state index is 12.0. The molecule has 2 heterocycles. The van der Waals surface area contributed by atoms with Crippen molar-refractivity contribution in [3.8, 4) is 0 Å². The third kappa shape index (κ3) is 3.71. The number of nitrogens with zero attached hydrogens (tertiary/aromatic N) is 5. The molecule has 116 valence electrons. The molecule has 1 amide bonds. The summed E-state index contributed by atoms with van der Waals surface area (Å²) >= 11 is 0. The molecule has 1 fully saturated rings. The van der Waals surface area contributed by atoms with E-state index in [1.165, 1.54) is 0 Å². The number of hydrogen-bond donors (Lipinski definition) is 2. The predicted molar refractivity (Wildman–Crippen MR) is 82.6 cm³/mol. The first-order valence-corrected chi connectivity index (χ1v) is 7.20. The molecule has 0 aromatic carbocycles. The zero-order chi connectivity index (χ0) is 15.4. The summed E-state index contributed by atoms with van der Waals surface area (Å²) in [7, 11) is 5.55. The van der Waals surface area contributed by atoms with Crippen LogP contribution >= 0.6 is 0 Å². The number of likely N-dealkylation sites (N-methyl/N-ethyl adjacent to an activating group) is 1. The van der Waals surface area contributed by atoms with E-state index in [9.17, 15) is 4.79 Å². The molecular formula is C13H23N7O. The maximum absolute atomic E-state index is 12.0. The molecule has 1 aliphatic heterocycles. The van der Waals surface area contributed by atoms with Crippen molar-refractivity contribution in [1.29, 1.82) is 0 Å². The van der Waals surface area contributed by atoms with Gasteiger partial charge in [0.1, 0.15) is 6.04 Å². The van der Waals surface area contributed by atoms with E-state index in [-0.39, 0.29) is 11.9 Å². The molecule has 0 radical (unpaired) electrons. The number of carbonyl (C=O) groups excluding carboxylic acids is 1. The minimum atomic E-state index is -0.258. The molecule has 0 saturated carbocycles. The highest BCUT2D eigenvalue weighted by atomic mass is 16.2. The van der Waals surface area contributed by atoms with Gasteiger partial charge in [-0.1, -0.05) is 6.92 Å². The summed E-state index contributed by atoms with van der Waals surface area (Å²) in [6, 6.07) is -0.258. The lowest BCUT2D eigenvalue weighted by Gasteiger charge is -2.16. The largest absolute Gasteiger partial charge is 0.354 e. The van der Waals surface area contributed by atoms with Crippen molar-refractivity contribution in [2.24, 2.45) is 0 Å². The van der Waals surface area contributed by atoms with E-state index in [1.807, 2.05) is 19.0 Å². The fourth-order valence-electron chi connectivity index (χ4n) is 2.06. The number of rotatable bonds is 6. The molecule has 1 aliphatic rings. The number of likely N-dealkylation sites (tertiary alicyclic amines) is 1. The fourth-order valence-corrected chi connectivity index (χ4v) is 2.06. The van der Waals surface area contributed by atoms with Crippen molar-refractivity contribution in [2.45, 2.75) is 25.8 Å². The van der Waals surface area contributed by atoms with Crippen LogP contribution in [0.15, 0.2) is 0 Å². The maximum Gasteiger partial charge on any atom is 0.244 e. The summed E-state index contributed by atoms with van der Waals surface area (Å²) in [6.07, 6.45) is 1.74. The molecule has 1 unspecified atom stereocenters. The van der Waals surface area contributed by atoms with Gasteiger partial charge in [0.2, 0.25) is 23.8 Å². The fraction of sp³-hybridized carbons (Fsp3) is 0.692. The lowest BCUT2D eigenvalue weighted by atomic mass is 10.2. The van der Waals surface area contributed by atoms with Crippen LogP contribution in [0, 0.1) is 0 Å². The minimum Gasteiger partial charge on any atom is -0.354 e. The van der Waals surface area contributed by atoms with E-state index in [2.05, 4.69) is 32.5 Å². The number of amides is 1. The Labute approximate surface area is 125 Å². The molecule has 2 rings (SSSR count). The van der Waals surface area contributed by atoms with Crippen molar-refractivity contribution in [1.82, 2.24) is 19.9 Å². The summed E-state index contributed by atoms with van der Waals surface area (Å²) in [5.41, 5.74) is 0. The first kappa shape index (κ1) is 15.3. The highest BCUT2D eigenvalue weighted by Crippen LogP contribution is 2.16. The number of nitrogens with one attached hydrogen (secondary N) is 2. The van der Waals surface area contributed by atoms with Gasteiger partial charge < -0.3 is 20.4 Å². The Morgan fingerprint density at radius 1 is 1.29 bits per heavy atom. The lowest BCUT2D eigenvalue weighted by Crippen LogP contribution is -2.32. The van der Waals surface area contributed by atoms with Crippen LogP contribution in [0.25, 0.3) is 0 Å². The highest BCUT2D eigenvalue weighted by Gasteiger charge is 2.29. The van der Waals surface area contributed by atoms with Crippen LogP contribution in [0.4, 0.5) is 17.8 Å². The second kappa shape index (κ2) is 6.55. The smallest absolute Gasteiger partial charge is 0.244 e. The van der Waals surface area contributed by atoms with Crippen molar-refractivity contribution >= 4 is 23.8 Å². The summed E-state index contributed by atoms with van der Waals surface area (Å²) in [6.45, 7) is 3.62. The van der Waals surface area contributed by atoms with E-state index >= 15 is 0 Å². The monoisotopic (exact) mass is 293 g/mol. The number of anilines is 3. The van der Waals surface area contributed by atoms with Crippen molar-refractivity contribution < 1.29 is 4.79 Å². The SMILES string of the molecule is CCCNc1nc(NC2CCN(C)C2=O)nc(N(C)C)n1. The third-order valence-corrected chi connectivity index (χ3v) is 3.29. The Morgan fingerprint density at radius 3 is 2.57 bits per heavy atom. The molecule has 1 atom stereocenters. The predicted octanol–water partition coefficient (Wildman–Crippen LogP) is 0.402. The van der Waals surface area contributed by atoms with Gasteiger partial charge in [0.25, 0.3) is 0 Å². The zero-order valence-corrected chi connectivity index (χ0v) is 13.1. The molecule has 2 N–H and O–H groups in total. The van der Waals surface area contributed by atoms with Crippen LogP contribution in [0.3, 0.4) is 0 Å². The van der Waals surface area contributed by atoms with Gasteiger partial charge in [-0.25, -0.2) is 0 Å². The van der Waals surface area contributed by atoms with Crippen LogP contribution in [-0.4, -0.2) is 66.0 Å². The molecular weight excluding hydrogens is 270 g/mol. The summed E-state index contributed by atoms with van der Waals surface area (Å²) < 4.78 is 0. The molecule has 1 saturated heterocycles. The Kier molecular flexibility index (Phi) is 4.77. The van der Waals surface area contributed by atoms with Gasteiger partial charge in [-0.15, -0.1) is 0 Å². The van der Waals surface area contributed by atoms with Gasteiger partial charge in [0, 0.05) is 34.2 Å². The van der Waals surface area contributed by atoms with Crippen molar-refractivity contribution in [3.05, 3.63) is 0 Å². The first-order chi connectivity index (χ1) is 10.0. The topological polar surface area (TPSA) is 86.3 Å². The average Bonchev–Trinajstić information content (AvgIpc) is 2.77. The lowest BCUT2D eigenvalue weighted by molar-refractivity contribution is -0.127.